The van der Waals surface area contributed by atoms with Gasteiger partial charge in [0, 0.05) is 22.9 Å². The molecular weight excluding hydrogens is 218 g/mol. The maximum atomic E-state index is 6.47. The maximum Gasteiger partial charge on any atom is 0.0418 e. The van der Waals surface area contributed by atoms with Gasteiger partial charge in [0.25, 0.3) is 0 Å². The van der Waals surface area contributed by atoms with Crippen LogP contribution in [0.5, 0.6) is 0 Å². The van der Waals surface area contributed by atoms with Gasteiger partial charge in [0.05, 0.1) is 0 Å². The smallest absolute Gasteiger partial charge is 0.0418 e. The normalized spacial score (nSPS) is 24.8. The highest BCUT2D eigenvalue weighted by molar-refractivity contribution is 6.32. The molecule has 0 aromatic heterocycles. The summed E-state index contributed by atoms with van der Waals surface area (Å²) in [5.41, 5.74) is 2.07. The van der Waals surface area contributed by atoms with Crippen LogP contribution in [0.2, 0.25) is 0 Å². The third kappa shape index (κ3) is 2.57. The molecule has 0 bridgehead atoms. The molecule has 1 nitrogen and oxygen atoms in total. The standard InChI is InChI=1S/C14H22ClN/c1-6-9(3)10(4)13-11(5)16-8-12(7-2)14(13)15/h8-10,13H,5-7H2,1-4H3. The van der Waals surface area contributed by atoms with Gasteiger partial charge in [0.15, 0.2) is 0 Å². The van der Waals surface area contributed by atoms with Crippen molar-refractivity contribution in [1.82, 2.24) is 0 Å². The molecule has 0 spiro atoms. The van der Waals surface area contributed by atoms with Crippen LogP contribution in [-0.2, 0) is 0 Å². The fourth-order valence-electron chi connectivity index (χ4n) is 2.14. The van der Waals surface area contributed by atoms with Crippen molar-refractivity contribution in [1.29, 1.82) is 0 Å². The fraction of sp³-hybridized carbons (Fsp3) is 0.643. The third-order valence-corrected chi connectivity index (χ3v) is 4.25. The van der Waals surface area contributed by atoms with Crippen molar-refractivity contribution in [3.05, 3.63) is 22.9 Å². The van der Waals surface area contributed by atoms with E-state index in [1.165, 1.54) is 6.42 Å². The molecule has 0 saturated heterocycles. The van der Waals surface area contributed by atoms with Crippen molar-refractivity contribution in [2.75, 3.05) is 0 Å². The Morgan fingerprint density at radius 2 is 2.06 bits per heavy atom. The lowest BCUT2D eigenvalue weighted by molar-refractivity contribution is 0.317. The fourth-order valence-corrected chi connectivity index (χ4v) is 2.65. The summed E-state index contributed by atoms with van der Waals surface area (Å²) in [6, 6.07) is 0. The Labute approximate surface area is 104 Å². The van der Waals surface area contributed by atoms with E-state index in [4.69, 9.17) is 11.6 Å². The lowest BCUT2D eigenvalue weighted by Crippen LogP contribution is -2.23. The predicted octanol–water partition coefficient (Wildman–Crippen LogP) is 4.79. The minimum atomic E-state index is 0.219. The molecule has 0 saturated carbocycles. The number of allylic oxidation sites excluding steroid dienone is 2. The molecule has 0 fully saturated rings. The van der Waals surface area contributed by atoms with Crippen LogP contribution in [0.4, 0.5) is 0 Å². The minimum Gasteiger partial charge on any atom is -0.261 e. The van der Waals surface area contributed by atoms with Crippen molar-refractivity contribution in [2.45, 2.75) is 40.5 Å². The average Bonchev–Trinajstić information content (AvgIpc) is 2.28. The maximum absolute atomic E-state index is 6.47. The summed E-state index contributed by atoms with van der Waals surface area (Å²) in [4.78, 5) is 4.39. The SMILES string of the molecule is C=C1N=CC(CC)=C(Cl)C1C(C)C(C)CC. The second-order valence-corrected chi connectivity index (χ2v) is 5.11. The number of aliphatic imine (C=N–C) groups is 1. The molecule has 0 radical (unpaired) electrons. The molecule has 0 aromatic carbocycles. The van der Waals surface area contributed by atoms with Crippen molar-refractivity contribution >= 4 is 17.8 Å². The van der Waals surface area contributed by atoms with E-state index < -0.39 is 0 Å². The largest absolute Gasteiger partial charge is 0.261 e. The van der Waals surface area contributed by atoms with Gasteiger partial charge in [0.1, 0.15) is 0 Å². The molecule has 2 heteroatoms. The molecule has 3 atom stereocenters. The molecule has 1 aliphatic rings. The molecule has 1 rings (SSSR count). The number of rotatable bonds is 4. The van der Waals surface area contributed by atoms with Gasteiger partial charge in [0.2, 0.25) is 0 Å². The topological polar surface area (TPSA) is 12.4 Å². The van der Waals surface area contributed by atoms with E-state index in [0.29, 0.717) is 11.8 Å². The van der Waals surface area contributed by atoms with Crippen LogP contribution in [0.25, 0.3) is 0 Å². The first-order chi connectivity index (χ1) is 7.52. The van der Waals surface area contributed by atoms with Crippen LogP contribution >= 0.6 is 11.6 Å². The zero-order valence-electron chi connectivity index (χ0n) is 10.8. The third-order valence-electron chi connectivity index (χ3n) is 3.77. The minimum absolute atomic E-state index is 0.219. The number of nitrogens with zero attached hydrogens (tertiary/aromatic N) is 1. The Morgan fingerprint density at radius 3 is 2.56 bits per heavy atom. The Bertz CT molecular complexity index is 328. The molecule has 1 aliphatic heterocycles. The van der Waals surface area contributed by atoms with E-state index in [9.17, 15) is 0 Å². The van der Waals surface area contributed by atoms with Crippen molar-refractivity contribution in [3.63, 3.8) is 0 Å². The second-order valence-electron chi connectivity index (χ2n) is 4.70. The Kier molecular flexibility index (Phi) is 4.79. The number of hydrogen-bond acceptors (Lipinski definition) is 1. The van der Waals surface area contributed by atoms with Crippen LogP contribution in [-0.4, -0.2) is 6.21 Å². The van der Waals surface area contributed by atoms with Crippen molar-refractivity contribution in [3.8, 4) is 0 Å². The highest BCUT2D eigenvalue weighted by Crippen LogP contribution is 2.39. The molecule has 0 N–H and O–H groups in total. The summed E-state index contributed by atoms with van der Waals surface area (Å²) >= 11 is 6.47. The van der Waals surface area contributed by atoms with Crippen LogP contribution < -0.4 is 0 Å². The molecular formula is C14H22ClN. The Balaban J connectivity index is 2.98. The summed E-state index contributed by atoms with van der Waals surface area (Å²) < 4.78 is 0. The first kappa shape index (κ1) is 13.5. The van der Waals surface area contributed by atoms with Crippen LogP contribution in [0, 0.1) is 17.8 Å². The number of dihydropyridines is 1. The lowest BCUT2D eigenvalue weighted by Gasteiger charge is -2.31. The van der Waals surface area contributed by atoms with Gasteiger partial charge >= 0.3 is 0 Å². The van der Waals surface area contributed by atoms with E-state index in [-0.39, 0.29) is 5.92 Å². The zero-order chi connectivity index (χ0) is 12.3. The highest BCUT2D eigenvalue weighted by atomic mass is 35.5. The molecule has 90 valence electrons. The molecule has 0 aromatic rings. The number of halogens is 1. The van der Waals surface area contributed by atoms with Gasteiger partial charge in [-0.15, -0.1) is 0 Å². The van der Waals surface area contributed by atoms with Crippen LogP contribution in [0.3, 0.4) is 0 Å². The first-order valence-electron chi connectivity index (χ1n) is 6.14. The van der Waals surface area contributed by atoms with Crippen LogP contribution in [0.15, 0.2) is 27.9 Å². The summed E-state index contributed by atoms with van der Waals surface area (Å²) in [7, 11) is 0. The molecule has 0 aliphatic carbocycles. The van der Waals surface area contributed by atoms with Gasteiger partial charge in [-0.1, -0.05) is 52.3 Å². The van der Waals surface area contributed by atoms with E-state index in [2.05, 4.69) is 39.3 Å². The van der Waals surface area contributed by atoms with E-state index in [1.54, 1.807) is 0 Å². The first-order valence-corrected chi connectivity index (χ1v) is 6.52. The van der Waals surface area contributed by atoms with E-state index >= 15 is 0 Å². The zero-order valence-corrected chi connectivity index (χ0v) is 11.5. The highest BCUT2D eigenvalue weighted by Gasteiger charge is 2.30. The summed E-state index contributed by atoms with van der Waals surface area (Å²) in [5.74, 6) is 1.36. The molecule has 1 heterocycles. The predicted molar refractivity (Wildman–Crippen MR) is 72.9 cm³/mol. The molecule has 0 amide bonds. The second kappa shape index (κ2) is 5.67. The Hall–Kier alpha value is -0.560. The lowest BCUT2D eigenvalue weighted by atomic mass is 9.79. The molecule has 16 heavy (non-hydrogen) atoms. The van der Waals surface area contributed by atoms with Gasteiger partial charge < -0.3 is 0 Å². The molecule has 3 unspecified atom stereocenters. The quantitative estimate of drug-likeness (QED) is 0.669. The average molecular weight is 240 g/mol. The van der Waals surface area contributed by atoms with Gasteiger partial charge in [-0.25, -0.2) is 0 Å². The Morgan fingerprint density at radius 1 is 1.44 bits per heavy atom. The van der Waals surface area contributed by atoms with Gasteiger partial charge in [-0.05, 0) is 23.8 Å². The monoisotopic (exact) mass is 239 g/mol. The van der Waals surface area contributed by atoms with Crippen molar-refractivity contribution < 1.29 is 0 Å². The van der Waals surface area contributed by atoms with Gasteiger partial charge in [-0.2, -0.15) is 0 Å². The van der Waals surface area contributed by atoms with Crippen molar-refractivity contribution in [2.24, 2.45) is 22.7 Å². The summed E-state index contributed by atoms with van der Waals surface area (Å²) in [5, 5.41) is 0.954. The summed E-state index contributed by atoms with van der Waals surface area (Å²) in [6.45, 7) is 12.9. The van der Waals surface area contributed by atoms with Gasteiger partial charge in [-0.3, -0.25) is 4.99 Å². The van der Waals surface area contributed by atoms with Crippen LogP contribution in [0.1, 0.15) is 40.5 Å². The number of hydrogen-bond donors (Lipinski definition) is 0. The summed E-state index contributed by atoms with van der Waals surface area (Å²) in [6.07, 6.45) is 3.98. The van der Waals surface area contributed by atoms with E-state index in [0.717, 1.165) is 22.7 Å². The van der Waals surface area contributed by atoms with E-state index in [1.807, 2.05) is 6.21 Å².